The number of carbonyl (C=O) groups excluding carboxylic acids is 6. The lowest BCUT2D eigenvalue weighted by Gasteiger charge is -2.19. The Morgan fingerprint density at radius 3 is 2.05 bits per heavy atom. The van der Waals surface area contributed by atoms with Crippen molar-refractivity contribution in [2.24, 2.45) is 0 Å². The average Bonchev–Trinajstić information content (AvgIpc) is 2.87. The van der Waals surface area contributed by atoms with Gasteiger partial charge in [0, 0.05) is 51.0 Å². The molecule has 0 fully saturated rings. The van der Waals surface area contributed by atoms with E-state index in [2.05, 4.69) is 16.0 Å². The number of carbonyl (C=O) groups is 6. The van der Waals surface area contributed by atoms with E-state index in [0.29, 0.717) is 29.6 Å². The summed E-state index contributed by atoms with van der Waals surface area (Å²) in [7, 11) is 1.37. The van der Waals surface area contributed by atoms with Crippen LogP contribution in [0, 0.1) is 11.6 Å². The highest BCUT2D eigenvalue weighted by atomic mass is 32.2. The Labute approximate surface area is 237 Å². The molecule has 2 aromatic carbocycles. The highest BCUT2D eigenvalue weighted by Crippen LogP contribution is 2.31. The second-order valence-electron chi connectivity index (χ2n) is 8.28. The van der Waals surface area contributed by atoms with Crippen molar-refractivity contribution in [2.75, 3.05) is 18.6 Å². The maximum Gasteiger partial charge on any atom is 0.308 e. The number of likely N-dealkylation sites (N-methyl/N-ethyl adjacent to an activating group) is 1. The zero-order valence-corrected chi connectivity index (χ0v) is 23.6. The van der Waals surface area contributed by atoms with E-state index in [1.807, 2.05) is 0 Å². The van der Waals surface area contributed by atoms with Gasteiger partial charge in [0.2, 0.25) is 28.0 Å². The molecular formula is C26H27F2N3O7S2. The SMILES string of the molecule is CNC(=O)[C@H](CSC(=O)[C@H](CSC(=O)c1cc(-c2ccc(F)cc2F)ccc1OC(C)=O)NC(C)=O)NC(C)=O. The van der Waals surface area contributed by atoms with E-state index in [1.165, 1.54) is 45.2 Å². The first-order chi connectivity index (χ1) is 18.8. The Balaban J connectivity index is 2.26. The molecule has 0 unspecified atom stereocenters. The summed E-state index contributed by atoms with van der Waals surface area (Å²) < 4.78 is 32.9. The number of halogens is 2. The molecule has 2 rings (SSSR count). The Morgan fingerprint density at radius 2 is 1.48 bits per heavy atom. The molecule has 14 heteroatoms. The summed E-state index contributed by atoms with van der Waals surface area (Å²) in [4.78, 5) is 72.8. The average molecular weight is 596 g/mol. The third-order valence-electron chi connectivity index (χ3n) is 5.07. The third kappa shape index (κ3) is 9.75. The minimum Gasteiger partial charge on any atom is -0.426 e. The van der Waals surface area contributed by atoms with Crippen molar-refractivity contribution in [1.29, 1.82) is 0 Å². The highest BCUT2D eigenvalue weighted by Gasteiger charge is 2.27. The van der Waals surface area contributed by atoms with E-state index < -0.39 is 57.6 Å². The summed E-state index contributed by atoms with van der Waals surface area (Å²) in [6, 6.07) is 4.73. The van der Waals surface area contributed by atoms with Crippen LogP contribution in [0.15, 0.2) is 36.4 Å². The van der Waals surface area contributed by atoms with E-state index in [4.69, 9.17) is 4.74 Å². The number of hydrogen-bond donors (Lipinski definition) is 3. The molecule has 0 heterocycles. The maximum atomic E-state index is 14.4. The zero-order valence-electron chi connectivity index (χ0n) is 22.0. The molecule has 3 N–H and O–H groups in total. The molecule has 0 aliphatic carbocycles. The smallest absolute Gasteiger partial charge is 0.308 e. The van der Waals surface area contributed by atoms with Gasteiger partial charge in [-0.05, 0) is 29.8 Å². The summed E-state index contributed by atoms with van der Waals surface area (Å²) >= 11 is 1.32. The first-order valence-electron chi connectivity index (χ1n) is 11.7. The van der Waals surface area contributed by atoms with Crippen LogP contribution in [0.3, 0.4) is 0 Å². The summed E-state index contributed by atoms with van der Waals surface area (Å²) in [5.74, 6) is -4.39. The van der Waals surface area contributed by atoms with Gasteiger partial charge >= 0.3 is 5.97 Å². The molecule has 40 heavy (non-hydrogen) atoms. The van der Waals surface area contributed by atoms with Gasteiger partial charge in [0.15, 0.2) is 0 Å². The molecule has 2 aromatic rings. The first-order valence-corrected chi connectivity index (χ1v) is 13.7. The van der Waals surface area contributed by atoms with Crippen molar-refractivity contribution < 1.29 is 42.3 Å². The predicted molar refractivity (Wildman–Crippen MR) is 147 cm³/mol. The molecule has 0 spiro atoms. The van der Waals surface area contributed by atoms with Crippen molar-refractivity contribution in [3.05, 3.63) is 53.6 Å². The fourth-order valence-electron chi connectivity index (χ4n) is 3.34. The number of esters is 1. The van der Waals surface area contributed by atoms with Gasteiger partial charge in [-0.25, -0.2) is 8.78 Å². The van der Waals surface area contributed by atoms with Gasteiger partial charge in [0.25, 0.3) is 0 Å². The number of amides is 3. The molecule has 10 nitrogen and oxygen atoms in total. The van der Waals surface area contributed by atoms with Crippen LogP contribution in [-0.4, -0.2) is 64.6 Å². The minimum atomic E-state index is -1.16. The van der Waals surface area contributed by atoms with E-state index in [0.717, 1.165) is 13.0 Å². The quantitative estimate of drug-likeness (QED) is 0.263. The van der Waals surface area contributed by atoms with E-state index in [1.54, 1.807) is 0 Å². The molecule has 0 saturated heterocycles. The van der Waals surface area contributed by atoms with Gasteiger partial charge in [0.1, 0.15) is 29.5 Å². The standard InChI is InChI=1S/C26H27F2N3O7S2/c1-13(32)30-21(24(35)29-4)11-40-26(37)22(31-14(2)33)12-39-25(36)19-9-16(5-8-23(19)38-15(3)34)18-7-6-17(27)10-20(18)28/h5-10,21-22H,11-12H2,1-4H3,(H,29,35)(H,30,32)(H,31,33)/t21-,22-/m0/s1. The fraction of sp³-hybridized carbons (Fsp3) is 0.308. The highest BCUT2D eigenvalue weighted by molar-refractivity contribution is 8.15. The molecular weight excluding hydrogens is 568 g/mol. The summed E-state index contributed by atoms with van der Waals surface area (Å²) in [6.07, 6.45) is 0. The second-order valence-corrected chi connectivity index (χ2v) is 10.3. The zero-order chi connectivity index (χ0) is 30.0. The van der Waals surface area contributed by atoms with E-state index in [9.17, 15) is 37.5 Å². The lowest BCUT2D eigenvalue weighted by Crippen LogP contribution is -2.47. The molecule has 0 aliphatic heterocycles. The van der Waals surface area contributed by atoms with Gasteiger partial charge in [-0.3, -0.25) is 28.8 Å². The number of nitrogens with one attached hydrogen (secondary N) is 3. The van der Waals surface area contributed by atoms with Crippen LogP contribution < -0.4 is 20.7 Å². The number of ether oxygens (including phenoxy) is 1. The Bertz CT molecular complexity index is 1320. The van der Waals surface area contributed by atoms with Crippen molar-refractivity contribution in [3.8, 4) is 16.9 Å². The molecule has 214 valence electrons. The molecule has 0 radical (unpaired) electrons. The lowest BCUT2D eigenvalue weighted by atomic mass is 10.0. The maximum absolute atomic E-state index is 14.4. The van der Waals surface area contributed by atoms with Gasteiger partial charge < -0.3 is 20.7 Å². The first kappa shape index (κ1) is 32.4. The number of rotatable bonds is 11. The predicted octanol–water partition coefficient (Wildman–Crippen LogP) is 2.45. The molecule has 3 amide bonds. The molecule has 2 atom stereocenters. The van der Waals surface area contributed by atoms with Crippen LogP contribution in [0.1, 0.15) is 31.1 Å². The van der Waals surface area contributed by atoms with Crippen LogP contribution in [0.25, 0.3) is 11.1 Å². The van der Waals surface area contributed by atoms with E-state index >= 15 is 0 Å². The normalized spacial score (nSPS) is 12.1. The Kier molecular flexibility index (Phi) is 12.3. The van der Waals surface area contributed by atoms with Crippen molar-refractivity contribution in [3.63, 3.8) is 0 Å². The summed E-state index contributed by atoms with van der Waals surface area (Å²) in [5, 5.41) is 6.03. The molecule has 0 aromatic heterocycles. The van der Waals surface area contributed by atoms with Crippen molar-refractivity contribution in [1.82, 2.24) is 16.0 Å². The Morgan fingerprint density at radius 1 is 0.850 bits per heavy atom. The number of thioether (sulfide) groups is 2. The molecule has 0 aliphatic rings. The van der Waals surface area contributed by atoms with Gasteiger partial charge in [-0.15, -0.1) is 0 Å². The Hall–Kier alpha value is -3.78. The van der Waals surface area contributed by atoms with Crippen LogP contribution in [0.5, 0.6) is 5.75 Å². The summed E-state index contributed by atoms with van der Waals surface area (Å²) in [5.41, 5.74) is 0.0939. The van der Waals surface area contributed by atoms with Crippen molar-refractivity contribution >= 4 is 57.4 Å². The van der Waals surface area contributed by atoms with Crippen LogP contribution in [0.2, 0.25) is 0 Å². The third-order valence-corrected chi connectivity index (χ3v) is 7.12. The topological polar surface area (TPSA) is 148 Å². The van der Waals surface area contributed by atoms with Gasteiger partial charge in [0.05, 0.1) is 5.56 Å². The van der Waals surface area contributed by atoms with Gasteiger partial charge in [-0.1, -0.05) is 29.6 Å². The van der Waals surface area contributed by atoms with E-state index in [-0.39, 0.29) is 33.9 Å². The summed E-state index contributed by atoms with van der Waals surface area (Å²) in [6.45, 7) is 3.53. The second kappa shape index (κ2) is 15.1. The lowest BCUT2D eigenvalue weighted by molar-refractivity contribution is -0.132. The minimum absolute atomic E-state index is 0.00219. The van der Waals surface area contributed by atoms with Crippen LogP contribution in [-0.2, 0) is 24.0 Å². The monoisotopic (exact) mass is 595 g/mol. The van der Waals surface area contributed by atoms with Crippen LogP contribution >= 0.6 is 23.5 Å². The molecule has 0 saturated carbocycles. The number of hydrogen-bond acceptors (Lipinski definition) is 9. The molecule has 0 bridgehead atoms. The van der Waals surface area contributed by atoms with Crippen LogP contribution in [0.4, 0.5) is 8.78 Å². The van der Waals surface area contributed by atoms with Crippen molar-refractivity contribution in [2.45, 2.75) is 32.9 Å². The largest absolute Gasteiger partial charge is 0.426 e. The number of benzene rings is 2. The van der Waals surface area contributed by atoms with Gasteiger partial charge in [-0.2, -0.15) is 0 Å². The fourth-order valence-corrected chi connectivity index (χ4v) is 5.23.